The Bertz CT molecular complexity index is 553. The van der Waals surface area contributed by atoms with Gasteiger partial charge in [-0.25, -0.2) is 4.98 Å². The number of hydrogen-bond acceptors (Lipinski definition) is 4. The summed E-state index contributed by atoms with van der Waals surface area (Å²) in [5, 5.41) is 7.45. The van der Waals surface area contributed by atoms with Crippen LogP contribution in [0.3, 0.4) is 0 Å². The lowest BCUT2D eigenvalue weighted by atomic mass is 10.1. The average molecular weight is 267 g/mol. The predicted octanol–water partition coefficient (Wildman–Crippen LogP) is 2.29. The molecule has 0 saturated carbocycles. The van der Waals surface area contributed by atoms with Gasteiger partial charge in [-0.2, -0.15) is 5.10 Å². The highest BCUT2D eigenvalue weighted by Crippen LogP contribution is 2.32. The first-order valence-corrected chi connectivity index (χ1v) is 6.08. The van der Waals surface area contributed by atoms with E-state index in [1.165, 1.54) is 0 Å². The number of aromatic nitrogens is 3. The molecule has 5 nitrogen and oxygen atoms in total. The van der Waals surface area contributed by atoms with E-state index in [-0.39, 0.29) is 0 Å². The second kappa shape index (κ2) is 5.37. The molecule has 1 aromatic carbocycles. The molecule has 0 amide bonds. The Morgan fingerprint density at radius 1 is 1.44 bits per heavy atom. The van der Waals surface area contributed by atoms with Crippen LogP contribution in [0.5, 0.6) is 5.75 Å². The van der Waals surface area contributed by atoms with Crippen LogP contribution in [0.4, 0.5) is 0 Å². The number of H-pyrrole nitrogens is 1. The van der Waals surface area contributed by atoms with E-state index in [2.05, 4.69) is 15.2 Å². The van der Waals surface area contributed by atoms with Gasteiger partial charge in [0.1, 0.15) is 11.6 Å². The number of benzene rings is 1. The van der Waals surface area contributed by atoms with Crippen LogP contribution in [0.1, 0.15) is 18.3 Å². The van der Waals surface area contributed by atoms with Crippen molar-refractivity contribution in [1.29, 1.82) is 0 Å². The second-order valence-corrected chi connectivity index (χ2v) is 4.25. The first-order chi connectivity index (χ1) is 8.65. The Morgan fingerprint density at radius 3 is 2.83 bits per heavy atom. The van der Waals surface area contributed by atoms with Crippen LogP contribution in [0.15, 0.2) is 12.1 Å². The Balaban J connectivity index is 2.42. The number of aromatic amines is 1. The van der Waals surface area contributed by atoms with E-state index in [0.717, 1.165) is 11.1 Å². The molecule has 1 aromatic heterocycles. The van der Waals surface area contributed by atoms with Gasteiger partial charge in [-0.3, -0.25) is 5.10 Å². The average Bonchev–Trinajstić information content (AvgIpc) is 2.82. The molecule has 96 valence electrons. The Kier molecular flexibility index (Phi) is 3.84. The molecule has 18 heavy (non-hydrogen) atoms. The standard InChI is InChI=1S/C12H15ClN4O/c1-3-18-10-4-7(2)8(5-9(10)13)12-15-11(6-14)16-17-12/h4-5H,3,6,14H2,1-2H3,(H,15,16,17). The molecule has 0 saturated heterocycles. The first-order valence-electron chi connectivity index (χ1n) is 5.70. The lowest BCUT2D eigenvalue weighted by Gasteiger charge is -2.09. The molecule has 2 rings (SSSR count). The molecule has 6 heteroatoms. The minimum atomic E-state index is 0.330. The quantitative estimate of drug-likeness (QED) is 0.890. The second-order valence-electron chi connectivity index (χ2n) is 3.84. The van der Waals surface area contributed by atoms with Gasteiger partial charge in [0.25, 0.3) is 0 Å². The van der Waals surface area contributed by atoms with Crippen LogP contribution in [-0.4, -0.2) is 21.8 Å². The maximum absolute atomic E-state index is 6.16. The maximum Gasteiger partial charge on any atom is 0.181 e. The van der Waals surface area contributed by atoms with Gasteiger partial charge in [0.15, 0.2) is 5.82 Å². The highest BCUT2D eigenvalue weighted by atomic mass is 35.5. The highest BCUT2D eigenvalue weighted by molar-refractivity contribution is 6.32. The number of nitrogens with one attached hydrogen (secondary N) is 1. The van der Waals surface area contributed by atoms with E-state index in [9.17, 15) is 0 Å². The van der Waals surface area contributed by atoms with Crippen molar-refractivity contribution in [3.63, 3.8) is 0 Å². The third-order valence-corrected chi connectivity index (χ3v) is 2.84. The van der Waals surface area contributed by atoms with E-state index < -0.39 is 0 Å². The van der Waals surface area contributed by atoms with Crippen molar-refractivity contribution in [2.24, 2.45) is 5.73 Å². The van der Waals surface area contributed by atoms with Gasteiger partial charge in [-0.1, -0.05) is 11.6 Å². The van der Waals surface area contributed by atoms with E-state index in [4.69, 9.17) is 22.1 Å². The molecular formula is C12H15ClN4O. The highest BCUT2D eigenvalue weighted by Gasteiger charge is 2.12. The van der Waals surface area contributed by atoms with Crippen LogP contribution >= 0.6 is 11.6 Å². The van der Waals surface area contributed by atoms with E-state index >= 15 is 0 Å². The van der Waals surface area contributed by atoms with E-state index in [0.29, 0.717) is 35.6 Å². The van der Waals surface area contributed by atoms with E-state index in [1.807, 2.05) is 26.0 Å². The summed E-state index contributed by atoms with van der Waals surface area (Å²) in [5.41, 5.74) is 7.37. The zero-order chi connectivity index (χ0) is 13.1. The smallest absolute Gasteiger partial charge is 0.181 e. The molecule has 0 unspecified atom stereocenters. The van der Waals surface area contributed by atoms with Crippen molar-refractivity contribution in [2.45, 2.75) is 20.4 Å². The Hall–Kier alpha value is -1.59. The molecule has 0 spiro atoms. The number of nitrogens with two attached hydrogens (primary N) is 1. The van der Waals surface area contributed by atoms with Gasteiger partial charge in [-0.15, -0.1) is 0 Å². The molecule has 1 heterocycles. The molecule has 0 bridgehead atoms. The molecule has 0 radical (unpaired) electrons. The molecule has 0 atom stereocenters. The van der Waals surface area contributed by atoms with Crippen molar-refractivity contribution < 1.29 is 4.74 Å². The van der Waals surface area contributed by atoms with Gasteiger partial charge in [0.05, 0.1) is 18.2 Å². The molecule has 0 aliphatic carbocycles. The van der Waals surface area contributed by atoms with Crippen molar-refractivity contribution in [2.75, 3.05) is 6.61 Å². The summed E-state index contributed by atoms with van der Waals surface area (Å²) in [6, 6.07) is 3.70. The van der Waals surface area contributed by atoms with Crippen LogP contribution in [-0.2, 0) is 6.54 Å². The fourth-order valence-electron chi connectivity index (χ4n) is 1.67. The number of rotatable bonds is 4. The fourth-order valence-corrected chi connectivity index (χ4v) is 1.89. The van der Waals surface area contributed by atoms with Crippen LogP contribution in [0, 0.1) is 6.92 Å². The lowest BCUT2D eigenvalue weighted by molar-refractivity contribution is 0.340. The number of aryl methyl sites for hydroxylation is 1. The summed E-state index contributed by atoms with van der Waals surface area (Å²) in [4.78, 5) is 4.29. The fraction of sp³-hybridized carbons (Fsp3) is 0.333. The molecular weight excluding hydrogens is 252 g/mol. The summed E-state index contributed by atoms with van der Waals surface area (Å²) in [7, 11) is 0. The number of halogens is 1. The summed E-state index contributed by atoms with van der Waals surface area (Å²) in [6.45, 7) is 4.79. The van der Waals surface area contributed by atoms with E-state index in [1.54, 1.807) is 0 Å². The first kappa shape index (κ1) is 12.9. The summed E-state index contributed by atoms with van der Waals surface area (Å²) in [5.74, 6) is 1.92. The predicted molar refractivity (Wildman–Crippen MR) is 70.6 cm³/mol. The van der Waals surface area contributed by atoms with Gasteiger partial charge >= 0.3 is 0 Å². The number of hydrogen-bond donors (Lipinski definition) is 2. The Morgan fingerprint density at radius 2 is 2.22 bits per heavy atom. The monoisotopic (exact) mass is 266 g/mol. The summed E-state index contributed by atoms with van der Waals surface area (Å²) in [6.07, 6.45) is 0. The largest absolute Gasteiger partial charge is 0.492 e. The molecule has 0 fully saturated rings. The molecule has 0 aliphatic rings. The molecule has 3 N–H and O–H groups in total. The van der Waals surface area contributed by atoms with Crippen LogP contribution < -0.4 is 10.5 Å². The van der Waals surface area contributed by atoms with Gasteiger partial charge < -0.3 is 10.5 Å². The van der Waals surface area contributed by atoms with Crippen molar-refractivity contribution in [1.82, 2.24) is 15.2 Å². The number of nitrogens with zero attached hydrogens (tertiary/aromatic N) is 2. The minimum absolute atomic E-state index is 0.330. The number of ether oxygens (including phenoxy) is 1. The van der Waals surface area contributed by atoms with Gasteiger partial charge in [0.2, 0.25) is 0 Å². The van der Waals surface area contributed by atoms with Crippen molar-refractivity contribution >= 4 is 11.6 Å². The molecule has 2 aromatic rings. The summed E-state index contributed by atoms with van der Waals surface area (Å²) >= 11 is 6.16. The third-order valence-electron chi connectivity index (χ3n) is 2.54. The zero-order valence-electron chi connectivity index (χ0n) is 10.3. The SMILES string of the molecule is CCOc1cc(C)c(-c2n[nH]c(CN)n2)cc1Cl. The molecule has 0 aliphatic heterocycles. The van der Waals surface area contributed by atoms with Crippen LogP contribution in [0.2, 0.25) is 5.02 Å². The maximum atomic E-state index is 6.16. The third kappa shape index (κ3) is 2.47. The Labute approximate surface area is 110 Å². The summed E-state index contributed by atoms with van der Waals surface area (Å²) < 4.78 is 5.43. The lowest BCUT2D eigenvalue weighted by Crippen LogP contribution is -1.98. The van der Waals surface area contributed by atoms with Crippen molar-refractivity contribution in [3.8, 4) is 17.1 Å². The zero-order valence-corrected chi connectivity index (χ0v) is 11.1. The van der Waals surface area contributed by atoms with Gasteiger partial charge in [-0.05, 0) is 31.5 Å². The topological polar surface area (TPSA) is 76.8 Å². The minimum Gasteiger partial charge on any atom is -0.492 e. The van der Waals surface area contributed by atoms with Gasteiger partial charge in [0, 0.05) is 5.56 Å². The normalized spacial score (nSPS) is 10.7. The van der Waals surface area contributed by atoms with Crippen LogP contribution in [0.25, 0.3) is 11.4 Å². The van der Waals surface area contributed by atoms with Crippen molar-refractivity contribution in [3.05, 3.63) is 28.5 Å².